The number of hydrogen-bond acceptors (Lipinski definition) is 2. The number of hydrogen-bond donors (Lipinski definition) is 2. The summed E-state index contributed by atoms with van der Waals surface area (Å²) in [6.45, 7) is 4.58. The molecule has 0 aliphatic rings. The fourth-order valence-electron chi connectivity index (χ4n) is 1.54. The van der Waals surface area contributed by atoms with Crippen molar-refractivity contribution in [3.8, 4) is 0 Å². The van der Waals surface area contributed by atoms with E-state index in [1.54, 1.807) is 12.1 Å². The zero-order chi connectivity index (χ0) is 12.8. The van der Waals surface area contributed by atoms with Crippen molar-refractivity contribution in [1.82, 2.24) is 5.32 Å². The molecule has 0 radical (unpaired) electrons. The lowest BCUT2D eigenvalue weighted by Gasteiger charge is -2.14. The van der Waals surface area contributed by atoms with E-state index in [-0.39, 0.29) is 5.91 Å². The predicted octanol–water partition coefficient (Wildman–Crippen LogP) is 2.33. The van der Waals surface area contributed by atoms with Crippen LogP contribution in [0.25, 0.3) is 0 Å². The van der Waals surface area contributed by atoms with E-state index in [1.165, 1.54) is 0 Å². The minimum atomic E-state index is -0.428. The van der Waals surface area contributed by atoms with E-state index in [0.29, 0.717) is 23.9 Å². The van der Waals surface area contributed by atoms with Gasteiger partial charge in [0.2, 0.25) is 5.91 Å². The molecule has 0 spiro atoms. The van der Waals surface area contributed by atoms with E-state index in [1.807, 2.05) is 26.0 Å². The van der Waals surface area contributed by atoms with Gasteiger partial charge in [-0.15, -0.1) is 0 Å². The molecule has 1 aromatic carbocycles. The first-order chi connectivity index (χ1) is 7.99. The summed E-state index contributed by atoms with van der Waals surface area (Å²) in [7, 11) is 0. The summed E-state index contributed by atoms with van der Waals surface area (Å²) in [6, 6.07) is 6.95. The van der Waals surface area contributed by atoms with Crippen molar-refractivity contribution in [2.75, 3.05) is 0 Å². The molecule has 17 heavy (non-hydrogen) atoms. The number of rotatable bonds is 5. The fourth-order valence-corrected chi connectivity index (χ4v) is 1.66. The van der Waals surface area contributed by atoms with Gasteiger partial charge in [-0.1, -0.05) is 37.6 Å². The van der Waals surface area contributed by atoms with Gasteiger partial charge in [0.1, 0.15) is 0 Å². The van der Waals surface area contributed by atoms with Gasteiger partial charge in [0.25, 0.3) is 0 Å². The van der Waals surface area contributed by atoms with Crippen LogP contribution >= 0.6 is 11.6 Å². The van der Waals surface area contributed by atoms with Crippen molar-refractivity contribution < 1.29 is 4.79 Å². The van der Waals surface area contributed by atoms with Crippen LogP contribution in [0, 0.1) is 5.92 Å². The molecule has 1 atom stereocenters. The summed E-state index contributed by atoms with van der Waals surface area (Å²) >= 11 is 5.77. The Morgan fingerprint density at radius 2 is 1.94 bits per heavy atom. The summed E-state index contributed by atoms with van der Waals surface area (Å²) in [5.41, 5.74) is 6.79. The number of benzene rings is 1. The van der Waals surface area contributed by atoms with E-state index >= 15 is 0 Å². The first-order valence-electron chi connectivity index (χ1n) is 5.76. The second-order valence-corrected chi connectivity index (χ2v) is 5.02. The van der Waals surface area contributed by atoms with E-state index in [9.17, 15) is 4.79 Å². The van der Waals surface area contributed by atoms with Crippen molar-refractivity contribution in [2.24, 2.45) is 11.7 Å². The number of carbonyl (C=O) groups excluding carboxylic acids is 1. The van der Waals surface area contributed by atoms with Gasteiger partial charge in [0.05, 0.1) is 6.04 Å². The normalized spacial score (nSPS) is 12.5. The highest BCUT2D eigenvalue weighted by Gasteiger charge is 2.14. The second-order valence-electron chi connectivity index (χ2n) is 4.58. The lowest BCUT2D eigenvalue weighted by atomic mass is 10.0. The van der Waals surface area contributed by atoms with Gasteiger partial charge in [-0.3, -0.25) is 4.79 Å². The molecule has 1 aromatic rings. The molecular weight excluding hydrogens is 236 g/mol. The maximum atomic E-state index is 11.7. The molecule has 0 aliphatic heterocycles. The van der Waals surface area contributed by atoms with E-state index in [0.717, 1.165) is 5.56 Å². The summed E-state index contributed by atoms with van der Waals surface area (Å²) in [4.78, 5) is 11.7. The molecule has 1 amide bonds. The molecule has 1 rings (SSSR count). The Morgan fingerprint density at radius 3 is 2.47 bits per heavy atom. The molecule has 0 fully saturated rings. The maximum absolute atomic E-state index is 11.7. The topological polar surface area (TPSA) is 55.1 Å². The monoisotopic (exact) mass is 254 g/mol. The molecule has 0 heterocycles. The van der Waals surface area contributed by atoms with Crippen LogP contribution in [0.4, 0.5) is 0 Å². The number of amides is 1. The van der Waals surface area contributed by atoms with Crippen LogP contribution < -0.4 is 11.1 Å². The van der Waals surface area contributed by atoms with Crippen molar-refractivity contribution in [3.63, 3.8) is 0 Å². The SMILES string of the molecule is CC(C)C[C@@H](N)C(=O)NCc1ccc(Cl)cc1. The molecule has 0 aromatic heterocycles. The van der Waals surface area contributed by atoms with Crippen LogP contribution in [0.5, 0.6) is 0 Å². The third-order valence-corrected chi connectivity index (χ3v) is 2.69. The average molecular weight is 255 g/mol. The summed E-state index contributed by atoms with van der Waals surface area (Å²) in [5, 5.41) is 3.51. The van der Waals surface area contributed by atoms with Gasteiger partial charge >= 0.3 is 0 Å². The van der Waals surface area contributed by atoms with Gasteiger partial charge in [0.15, 0.2) is 0 Å². The van der Waals surface area contributed by atoms with Gasteiger partial charge in [-0.2, -0.15) is 0 Å². The number of carbonyl (C=O) groups is 1. The highest BCUT2D eigenvalue weighted by molar-refractivity contribution is 6.30. The number of nitrogens with two attached hydrogens (primary N) is 1. The zero-order valence-corrected chi connectivity index (χ0v) is 11.0. The first-order valence-corrected chi connectivity index (χ1v) is 6.14. The minimum Gasteiger partial charge on any atom is -0.351 e. The van der Waals surface area contributed by atoms with Gasteiger partial charge < -0.3 is 11.1 Å². The summed E-state index contributed by atoms with van der Waals surface area (Å²) < 4.78 is 0. The van der Waals surface area contributed by atoms with Crippen LogP contribution in [0.1, 0.15) is 25.8 Å². The quantitative estimate of drug-likeness (QED) is 0.847. The largest absolute Gasteiger partial charge is 0.351 e. The molecule has 0 unspecified atom stereocenters. The highest BCUT2D eigenvalue weighted by Crippen LogP contribution is 2.09. The van der Waals surface area contributed by atoms with Crippen LogP contribution in [0.15, 0.2) is 24.3 Å². The minimum absolute atomic E-state index is 0.103. The first kappa shape index (κ1) is 14.0. The Kier molecular flexibility index (Phi) is 5.45. The molecule has 0 saturated heterocycles. The molecular formula is C13H19ClN2O. The Bertz CT molecular complexity index is 362. The standard InChI is InChI=1S/C13H19ClN2O/c1-9(2)7-12(15)13(17)16-8-10-3-5-11(14)6-4-10/h3-6,9,12H,7-8,15H2,1-2H3,(H,16,17)/t12-/m1/s1. The Balaban J connectivity index is 2.40. The average Bonchev–Trinajstić information content (AvgIpc) is 2.27. The molecule has 94 valence electrons. The summed E-state index contributed by atoms with van der Waals surface area (Å²) in [5.74, 6) is 0.319. The number of halogens is 1. The number of nitrogens with one attached hydrogen (secondary N) is 1. The lowest BCUT2D eigenvalue weighted by molar-refractivity contribution is -0.122. The summed E-state index contributed by atoms with van der Waals surface area (Å²) in [6.07, 6.45) is 0.701. The lowest BCUT2D eigenvalue weighted by Crippen LogP contribution is -2.40. The molecule has 0 aliphatic carbocycles. The predicted molar refractivity (Wildman–Crippen MR) is 70.7 cm³/mol. The maximum Gasteiger partial charge on any atom is 0.237 e. The molecule has 3 N–H and O–H groups in total. The van der Waals surface area contributed by atoms with E-state index in [4.69, 9.17) is 17.3 Å². The Morgan fingerprint density at radius 1 is 1.35 bits per heavy atom. The van der Waals surface area contributed by atoms with Crippen molar-refractivity contribution in [3.05, 3.63) is 34.9 Å². The van der Waals surface area contributed by atoms with Gasteiger partial charge in [-0.05, 0) is 30.0 Å². The van der Waals surface area contributed by atoms with Crippen molar-refractivity contribution >= 4 is 17.5 Å². The highest BCUT2D eigenvalue weighted by atomic mass is 35.5. The molecule has 0 bridgehead atoms. The van der Waals surface area contributed by atoms with E-state index in [2.05, 4.69) is 5.32 Å². The molecule has 0 saturated carbocycles. The smallest absolute Gasteiger partial charge is 0.237 e. The van der Waals surface area contributed by atoms with Crippen molar-refractivity contribution in [2.45, 2.75) is 32.9 Å². The van der Waals surface area contributed by atoms with Crippen LogP contribution in [-0.4, -0.2) is 11.9 Å². The third-order valence-electron chi connectivity index (χ3n) is 2.44. The van der Waals surface area contributed by atoms with Crippen LogP contribution in [0.3, 0.4) is 0 Å². The van der Waals surface area contributed by atoms with E-state index < -0.39 is 6.04 Å². The Hall–Kier alpha value is -1.06. The van der Waals surface area contributed by atoms with Crippen LogP contribution in [-0.2, 0) is 11.3 Å². The molecule has 3 nitrogen and oxygen atoms in total. The molecule has 4 heteroatoms. The van der Waals surface area contributed by atoms with Crippen molar-refractivity contribution in [1.29, 1.82) is 0 Å². The Labute approximate surface area is 107 Å². The van der Waals surface area contributed by atoms with Crippen LogP contribution in [0.2, 0.25) is 5.02 Å². The zero-order valence-electron chi connectivity index (χ0n) is 10.2. The third kappa shape index (κ3) is 5.20. The van der Waals surface area contributed by atoms with Gasteiger partial charge in [0, 0.05) is 11.6 Å². The van der Waals surface area contributed by atoms with Gasteiger partial charge in [-0.25, -0.2) is 0 Å². The fraction of sp³-hybridized carbons (Fsp3) is 0.462. The second kappa shape index (κ2) is 6.62.